The number of hydrogen-bond acceptors (Lipinski definition) is 5. The van der Waals surface area contributed by atoms with Gasteiger partial charge in [0, 0.05) is 25.3 Å². The summed E-state index contributed by atoms with van der Waals surface area (Å²) in [6.45, 7) is 5.87. The SMILES string of the molecule is CCN1CCOC(COC(=O)c2cc(N)cn2C2CC2)C1. The minimum atomic E-state index is -0.309. The Balaban J connectivity index is 1.56. The van der Waals surface area contributed by atoms with Crippen LogP contribution in [-0.2, 0) is 9.47 Å². The van der Waals surface area contributed by atoms with E-state index in [0.29, 0.717) is 30.6 Å². The highest BCUT2D eigenvalue weighted by Crippen LogP contribution is 2.37. The van der Waals surface area contributed by atoms with Gasteiger partial charge in [-0.2, -0.15) is 0 Å². The van der Waals surface area contributed by atoms with Crippen molar-refractivity contribution in [2.45, 2.75) is 31.9 Å². The summed E-state index contributed by atoms with van der Waals surface area (Å²) in [6.07, 6.45) is 3.99. The maximum Gasteiger partial charge on any atom is 0.355 e. The maximum absolute atomic E-state index is 12.2. The van der Waals surface area contributed by atoms with Gasteiger partial charge in [-0.05, 0) is 25.5 Å². The van der Waals surface area contributed by atoms with Crippen LogP contribution in [0, 0.1) is 0 Å². The third kappa shape index (κ3) is 3.39. The number of nitrogens with zero attached hydrogens (tertiary/aromatic N) is 2. The number of carbonyl (C=O) groups is 1. The van der Waals surface area contributed by atoms with Gasteiger partial charge in [-0.3, -0.25) is 4.90 Å². The average Bonchev–Trinajstić information content (AvgIpc) is 3.27. The van der Waals surface area contributed by atoms with E-state index in [1.807, 2.05) is 10.8 Å². The summed E-state index contributed by atoms with van der Waals surface area (Å²) in [5.74, 6) is -0.309. The maximum atomic E-state index is 12.2. The van der Waals surface area contributed by atoms with Crippen LogP contribution in [0.5, 0.6) is 0 Å². The van der Waals surface area contributed by atoms with Crippen molar-refractivity contribution < 1.29 is 14.3 Å². The van der Waals surface area contributed by atoms with Crippen molar-refractivity contribution in [1.29, 1.82) is 0 Å². The van der Waals surface area contributed by atoms with E-state index in [1.165, 1.54) is 0 Å². The van der Waals surface area contributed by atoms with Crippen LogP contribution in [0.1, 0.15) is 36.3 Å². The lowest BCUT2D eigenvalue weighted by Crippen LogP contribution is -2.44. The van der Waals surface area contributed by atoms with Crippen molar-refractivity contribution >= 4 is 11.7 Å². The first-order valence-electron chi connectivity index (χ1n) is 7.65. The third-order valence-corrected chi connectivity index (χ3v) is 4.09. The van der Waals surface area contributed by atoms with Crippen LogP contribution in [0.25, 0.3) is 0 Å². The smallest absolute Gasteiger partial charge is 0.355 e. The summed E-state index contributed by atoms with van der Waals surface area (Å²) in [7, 11) is 0. The van der Waals surface area contributed by atoms with Gasteiger partial charge in [-0.1, -0.05) is 6.92 Å². The van der Waals surface area contributed by atoms with Crippen molar-refractivity contribution in [1.82, 2.24) is 9.47 Å². The van der Waals surface area contributed by atoms with Crippen molar-refractivity contribution in [3.8, 4) is 0 Å². The minimum absolute atomic E-state index is 0.0377. The lowest BCUT2D eigenvalue weighted by molar-refractivity contribution is -0.0580. The van der Waals surface area contributed by atoms with Crippen LogP contribution in [0.4, 0.5) is 5.69 Å². The number of anilines is 1. The fraction of sp³-hybridized carbons (Fsp3) is 0.667. The highest BCUT2D eigenvalue weighted by molar-refractivity contribution is 5.89. The summed E-state index contributed by atoms with van der Waals surface area (Å²) in [6, 6.07) is 2.10. The lowest BCUT2D eigenvalue weighted by atomic mass is 10.3. The van der Waals surface area contributed by atoms with Gasteiger partial charge in [0.25, 0.3) is 0 Å². The zero-order valence-corrected chi connectivity index (χ0v) is 12.5. The molecule has 0 aromatic carbocycles. The van der Waals surface area contributed by atoms with Gasteiger partial charge in [-0.15, -0.1) is 0 Å². The Bertz CT molecular complexity index is 510. The Labute approximate surface area is 124 Å². The van der Waals surface area contributed by atoms with E-state index < -0.39 is 0 Å². The second-order valence-corrected chi connectivity index (χ2v) is 5.78. The Hall–Kier alpha value is -1.53. The largest absolute Gasteiger partial charge is 0.458 e. The second kappa shape index (κ2) is 6.07. The van der Waals surface area contributed by atoms with E-state index in [9.17, 15) is 4.79 Å². The van der Waals surface area contributed by atoms with Gasteiger partial charge in [0.15, 0.2) is 0 Å². The molecule has 2 aliphatic rings. The number of hydrogen-bond donors (Lipinski definition) is 1. The zero-order chi connectivity index (χ0) is 14.8. The monoisotopic (exact) mass is 293 g/mol. The summed E-state index contributed by atoms with van der Waals surface area (Å²) in [4.78, 5) is 14.5. The number of morpholine rings is 1. The van der Waals surface area contributed by atoms with Crippen LogP contribution >= 0.6 is 0 Å². The molecule has 1 saturated heterocycles. The quantitative estimate of drug-likeness (QED) is 0.828. The number of nitrogen functional groups attached to an aromatic ring is 1. The molecule has 1 aliphatic heterocycles. The minimum Gasteiger partial charge on any atom is -0.458 e. The Kier molecular flexibility index (Phi) is 4.17. The molecule has 2 heterocycles. The number of esters is 1. The Morgan fingerprint density at radius 2 is 2.33 bits per heavy atom. The van der Waals surface area contributed by atoms with Crippen LogP contribution in [-0.4, -0.2) is 54.4 Å². The first-order valence-corrected chi connectivity index (χ1v) is 7.65. The second-order valence-electron chi connectivity index (χ2n) is 5.78. The van der Waals surface area contributed by atoms with Gasteiger partial charge < -0.3 is 19.8 Å². The molecule has 1 atom stereocenters. The molecule has 6 heteroatoms. The van der Waals surface area contributed by atoms with E-state index in [-0.39, 0.29) is 12.1 Å². The molecule has 0 amide bonds. The average molecular weight is 293 g/mol. The molecule has 0 bridgehead atoms. The molecule has 2 N–H and O–H groups in total. The highest BCUT2D eigenvalue weighted by Gasteiger charge is 2.29. The van der Waals surface area contributed by atoms with E-state index in [2.05, 4.69) is 11.8 Å². The van der Waals surface area contributed by atoms with Gasteiger partial charge in [0.05, 0.1) is 12.3 Å². The van der Waals surface area contributed by atoms with Gasteiger partial charge in [0.1, 0.15) is 18.4 Å². The number of likely N-dealkylation sites (N-methyl/N-ethyl adjacent to an activating group) is 1. The molecule has 1 aliphatic carbocycles. The molecular formula is C15H23N3O3. The van der Waals surface area contributed by atoms with Crippen molar-refractivity contribution in [2.24, 2.45) is 0 Å². The summed E-state index contributed by atoms with van der Waals surface area (Å²) in [5, 5.41) is 0. The van der Waals surface area contributed by atoms with E-state index in [1.54, 1.807) is 6.07 Å². The molecule has 3 rings (SSSR count). The fourth-order valence-electron chi connectivity index (χ4n) is 2.73. The summed E-state index contributed by atoms with van der Waals surface area (Å²) < 4.78 is 13.0. The van der Waals surface area contributed by atoms with Gasteiger partial charge in [-0.25, -0.2) is 4.79 Å². The topological polar surface area (TPSA) is 69.7 Å². The summed E-state index contributed by atoms with van der Waals surface area (Å²) in [5.41, 5.74) is 6.96. The van der Waals surface area contributed by atoms with Crippen LogP contribution in [0.15, 0.2) is 12.3 Å². The molecule has 21 heavy (non-hydrogen) atoms. The predicted octanol–water partition coefficient (Wildman–Crippen LogP) is 1.28. The molecular weight excluding hydrogens is 270 g/mol. The van der Waals surface area contributed by atoms with E-state index in [4.69, 9.17) is 15.2 Å². The fourth-order valence-corrected chi connectivity index (χ4v) is 2.73. The van der Waals surface area contributed by atoms with Crippen molar-refractivity contribution in [2.75, 3.05) is 38.6 Å². The standard InChI is InChI=1S/C15H23N3O3/c1-2-17-5-6-20-13(9-17)10-21-15(19)14-7-11(16)8-18(14)12-3-4-12/h7-8,12-13H,2-6,9-10,16H2,1H3. The molecule has 0 spiro atoms. The number of aromatic nitrogens is 1. The molecule has 0 radical (unpaired) electrons. The molecule has 116 valence electrons. The van der Waals surface area contributed by atoms with Crippen LogP contribution < -0.4 is 5.73 Å². The molecule has 1 aromatic heterocycles. The molecule has 1 unspecified atom stereocenters. The van der Waals surface area contributed by atoms with Crippen molar-refractivity contribution in [3.63, 3.8) is 0 Å². The number of rotatable bonds is 5. The first-order chi connectivity index (χ1) is 10.2. The molecule has 1 aromatic rings. The first kappa shape index (κ1) is 14.4. The Morgan fingerprint density at radius 3 is 3.05 bits per heavy atom. The molecule has 6 nitrogen and oxygen atoms in total. The zero-order valence-electron chi connectivity index (χ0n) is 12.5. The highest BCUT2D eigenvalue weighted by atomic mass is 16.6. The van der Waals surface area contributed by atoms with Gasteiger partial charge in [0.2, 0.25) is 0 Å². The lowest BCUT2D eigenvalue weighted by Gasteiger charge is -2.31. The Morgan fingerprint density at radius 1 is 1.52 bits per heavy atom. The number of ether oxygens (including phenoxy) is 2. The normalized spacial score (nSPS) is 23.2. The van der Waals surface area contributed by atoms with Gasteiger partial charge >= 0.3 is 5.97 Å². The predicted molar refractivity (Wildman–Crippen MR) is 79.3 cm³/mol. The number of nitrogens with two attached hydrogens (primary N) is 1. The summed E-state index contributed by atoms with van der Waals surface area (Å²) >= 11 is 0. The third-order valence-electron chi connectivity index (χ3n) is 4.09. The number of carbonyl (C=O) groups excluding carboxylic acids is 1. The van der Waals surface area contributed by atoms with Crippen LogP contribution in [0.3, 0.4) is 0 Å². The van der Waals surface area contributed by atoms with E-state index in [0.717, 1.165) is 32.5 Å². The molecule has 1 saturated carbocycles. The van der Waals surface area contributed by atoms with Crippen LogP contribution in [0.2, 0.25) is 0 Å². The van der Waals surface area contributed by atoms with Crippen molar-refractivity contribution in [3.05, 3.63) is 18.0 Å². The van der Waals surface area contributed by atoms with E-state index >= 15 is 0 Å². The molecule has 2 fully saturated rings.